The molecule has 0 aromatic rings. The van der Waals surface area contributed by atoms with Crippen molar-refractivity contribution in [2.24, 2.45) is 11.1 Å². The van der Waals surface area contributed by atoms with Gasteiger partial charge in [-0.15, -0.1) is 0 Å². The van der Waals surface area contributed by atoms with Gasteiger partial charge in [-0.1, -0.05) is 12.8 Å². The Morgan fingerprint density at radius 3 is 2.35 bits per heavy atom. The number of carboxylic acids is 1. The summed E-state index contributed by atoms with van der Waals surface area (Å²) in [5, 5.41) is 11.8. The highest BCUT2D eigenvalue weighted by atomic mass is 32.2. The molecule has 1 aliphatic rings. The van der Waals surface area contributed by atoms with Crippen LogP contribution in [-0.4, -0.2) is 50.0 Å². The molecule has 0 bridgehead atoms. The van der Waals surface area contributed by atoms with E-state index < -0.39 is 33.2 Å². The molecule has 1 saturated carbocycles. The Kier molecular flexibility index (Phi) is 5.52. The highest BCUT2D eigenvalue weighted by Crippen LogP contribution is 2.37. The van der Waals surface area contributed by atoms with Gasteiger partial charge < -0.3 is 16.2 Å². The van der Waals surface area contributed by atoms with Crippen LogP contribution in [0.4, 0.5) is 0 Å². The Balaban J connectivity index is 2.47. The molecule has 8 heteroatoms. The summed E-state index contributed by atoms with van der Waals surface area (Å²) in [5.74, 6) is -1.56. The Bertz CT molecular complexity index is 468. The topological polar surface area (TPSA) is 127 Å². The van der Waals surface area contributed by atoms with Crippen LogP contribution in [0.3, 0.4) is 0 Å². The van der Waals surface area contributed by atoms with Gasteiger partial charge in [-0.2, -0.15) is 0 Å². The summed E-state index contributed by atoms with van der Waals surface area (Å²) in [5.41, 5.74) is 4.71. The van der Waals surface area contributed by atoms with Crippen molar-refractivity contribution in [3.8, 4) is 0 Å². The van der Waals surface area contributed by atoms with Crippen LogP contribution in [0.25, 0.3) is 0 Å². The Labute approximate surface area is 118 Å². The summed E-state index contributed by atoms with van der Waals surface area (Å²) >= 11 is 0. The van der Waals surface area contributed by atoms with Crippen molar-refractivity contribution in [3.05, 3.63) is 0 Å². The second-order valence-corrected chi connectivity index (χ2v) is 7.80. The van der Waals surface area contributed by atoms with Gasteiger partial charge in [-0.25, -0.2) is 8.42 Å². The fourth-order valence-electron chi connectivity index (χ4n) is 2.38. The molecule has 1 fully saturated rings. The molecular formula is C12H22N2O5S. The van der Waals surface area contributed by atoms with Crippen LogP contribution in [0, 0.1) is 5.41 Å². The second kappa shape index (κ2) is 6.53. The molecule has 0 saturated heterocycles. The highest BCUT2D eigenvalue weighted by Gasteiger charge is 2.41. The molecule has 4 N–H and O–H groups in total. The molecule has 1 unspecified atom stereocenters. The summed E-state index contributed by atoms with van der Waals surface area (Å²) in [4.78, 5) is 23.1. The van der Waals surface area contributed by atoms with Crippen LogP contribution >= 0.6 is 0 Å². The second-order valence-electron chi connectivity index (χ2n) is 5.54. The first-order chi connectivity index (χ1) is 9.16. The quantitative estimate of drug-likeness (QED) is 0.582. The van der Waals surface area contributed by atoms with Crippen LogP contribution in [0.1, 0.15) is 32.1 Å². The van der Waals surface area contributed by atoms with E-state index in [4.69, 9.17) is 5.73 Å². The van der Waals surface area contributed by atoms with Gasteiger partial charge in [-0.05, 0) is 19.3 Å². The monoisotopic (exact) mass is 306 g/mol. The van der Waals surface area contributed by atoms with Crippen molar-refractivity contribution >= 4 is 21.7 Å². The lowest BCUT2D eigenvalue weighted by Gasteiger charge is -2.24. The number of hydrogen-bond acceptors (Lipinski definition) is 5. The number of carbonyl (C=O) groups is 2. The molecule has 1 atom stereocenters. The third kappa shape index (κ3) is 4.75. The van der Waals surface area contributed by atoms with Crippen LogP contribution in [-0.2, 0) is 19.4 Å². The van der Waals surface area contributed by atoms with Crippen LogP contribution in [0.15, 0.2) is 0 Å². The Morgan fingerprint density at radius 2 is 1.90 bits per heavy atom. The van der Waals surface area contributed by atoms with Crippen molar-refractivity contribution in [1.82, 2.24) is 5.32 Å². The van der Waals surface area contributed by atoms with E-state index in [1.807, 2.05) is 0 Å². The minimum absolute atomic E-state index is 0.0325. The Hall–Kier alpha value is -1.15. The van der Waals surface area contributed by atoms with Gasteiger partial charge in [0, 0.05) is 12.8 Å². The minimum atomic E-state index is -3.16. The summed E-state index contributed by atoms with van der Waals surface area (Å²) in [6, 6.07) is -0.933. The normalized spacial score (nSPS) is 19.5. The van der Waals surface area contributed by atoms with Crippen LogP contribution in [0.5, 0.6) is 0 Å². The van der Waals surface area contributed by atoms with Gasteiger partial charge in [0.15, 0.2) is 0 Å². The predicted molar refractivity (Wildman–Crippen MR) is 73.8 cm³/mol. The van der Waals surface area contributed by atoms with E-state index in [0.717, 1.165) is 19.1 Å². The van der Waals surface area contributed by atoms with Crippen molar-refractivity contribution in [2.45, 2.75) is 38.1 Å². The van der Waals surface area contributed by atoms with Gasteiger partial charge in [-0.3, -0.25) is 9.59 Å². The Morgan fingerprint density at radius 1 is 1.35 bits per heavy atom. The smallest absolute Gasteiger partial charge is 0.311 e. The molecule has 0 heterocycles. The number of nitrogens with one attached hydrogen (secondary N) is 1. The number of rotatable bonds is 7. The fourth-order valence-corrected chi connectivity index (χ4v) is 3.06. The third-order valence-electron chi connectivity index (χ3n) is 3.75. The molecule has 7 nitrogen and oxygen atoms in total. The minimum Gasteiger partial charge on any atom is -0.481 e. The molecule has 1 aliphatic carbocycles. The SMILES string of the molecule is CS(=O)(=O)CCC(N)C(=O)NCC1(C(=O)O)CCCC1. The van der Waals surface area contributed by atoms with Crippen LogP contribution in [0.2, 0.25) is 0 Å². The molecule has 0 radical (unpaired) electrons. The van der Waals surface area contributed by atoms with Gasteiger partial charge >= 0.3 is 5.97 Å². The van der Waals surface area contributed by atoms with Crippen LogP contribution < -0.4 is 11.1 Å². The maximum atomic E-state index is 11.8. The lowest BCUT2D eigenvalue weighted by atomic mass is 9.86. The van der Waals surface area contributed by atoms with Crippen molar-refractivity contribution < 1.29 is 23.1 Å². The number of hydrogen-bond donors (Lipinski definition) is 3. The standard InChI is InChI=1S/C12H22N2O5S/c1-20(18,19)7-4-9(13)10(15)14-8-12(11(16)17)5-2-3-6-12/h9H,2-8,13H2,1H3,(H,14,15)(H,16,17). The molecular weight excluding hydrogens is 284 g/mol. The number of sulfone groups is 1. The molecule has 0 aromatic carbocycles. The highest BCUT2D eigenvalue weighted by molar-refractivity contribution is 7.90. The predicted octanol–water partition coefficient (Wildman–Crippen LogP) is -0.490. The zero-order valence-electron chi connectivity index (χ0n) is 11.6. The molecule has 0 spiro atoms. The van der Waals surface area contributed by atoms with Crippen molar-refractivity contribution in [3.63, 3.8) is 0 Å². The summed E-state index contributed by atoms with van der Waals surface area (Å²) in [6.45, 7) is 0.0493. The van der Waals surface area contributed by atoms with Gasteiger partial charge in [0.05, 0.1) is 17.2 Å². The molecule has 1 amide bonds. The van der Waals surface area contributed by atoms with Gasteiger partial charge in [0.2, 0.25) is 5.91 Å². The number of nitrogens with two attached hydrogens (primary N) is 1. The average Bonchev–Trinajstić information content (AvgIpc) is 2.82. The zero-order valence-corrected chi connectivity index (χ0v) is 12.4. The zero-order chi connectivity index (χ0) is 15.4. The number of aliphatic carboxylic acids is 1. The van der Waals surface area contributed by atoms with E-state index in [0.29, 0.717) is 12.8 Å². The molecule has 116 valence electrons. The largest absolute Gasteiger partial charge is 0.481 e. The van der Waals surface area contributed by atoms with E-state index in [1.54, 1.807) is 0 Å². The van der Waals surface area contributed by atoms with E-state index in [1.165, 1.54) is 0 Å². The van der Waals surface area contributed by atoms with E-state index >= 15 is 0 Å². The molecule has 20 heavy (non-hydrogen) atoms. The lowest BCUT2D eigenvalue weighted by molar-refractivity contribution is -0.148. The first kappa shape index (κ1) is 16.9. The van der Waals surface area contributed by atoms with Gasteiger partial charge in [0.25, 0.3) is 0 Å². The maximum absolute atomic E-state index is 11.8. The maximum Gasteiger partial charge on any atom is 0.311 e. The van der Waals surface area contributed by atoms with Crippen molar-refractivity contribution in [1.29, 1.82) is 0 Å². The summed E-state index contributed by atoms with van der Waals surface area (Å²) in [6.07, 6.45) is 3.87. The van der Waals surface area contributed by atoms with E-state index in [-0.39, 0.29) is 18.7 Å². The summed E-state index contributed by atoms with van der Waals surface area (Å²) < 4.78 is 22.0. The summed E-state index contributed by atoms with van der Waals surface area (Å²) in [7, 11) is -3.16. The first-order valence-corrected chi connectivity index (χ1v) is 8.67. The molecule has 0 aliphatic heterocycles. The van der Waals surface area contributed by atoms with Crippen molar-refractivity contribution in [2.75, 3.05) is 18.6 Å². The molecule has 0 aromatic heterocycles. The lowest BCUT2D eigenvalue weighted by Crippen LogP contribution is -2.47. The van der Waals surface area contributed by atoms with Gasteiger partial charge in [0.1, 0.15) is 9.84 Å². The average molecular weight is 306 g/mol. The molecule has 1 rings (SSSR count). The number of carbonyl (C=O) groups excluding carboxylic acids is 1. The number of carboxylic acid groups (broad SMARTS) is 1. The van der Waals surface area contributed by atoms with E-state index in [2.05, 4.69) is 5.32 Å². The number of amides is 1. The first-order valence-electron chi connectivity index (χ1n) is 6.61. The third-order valence-corrected chi connectivity index (χ3v) is 4.73. The van der Waals surface area contributed by atoms with E-state index in [9.17, 15) is 23.1 Å². The fraction of sp³-hybridized carbons (Fsp3) is 0.833.